The third-order valence-corrected chi connectivity index (χ3v) is 5.37. The SMILES string of the molecule is O=C(OC1CCCCC1)c1cccc(C(=O)OC2CCCCC2)c1C(=O)O. The first-order valence-electron chi connectivity index (χ1n) is 9.84. The molecule has 0 spiro atoms. The van der Waals surface area contributed by atoms with Crippen LogP contribution in [0.3, 0.4) is 0 Å². The third-order valence-electron chi connectivity index (χ3n) is 5.37. The summed E-state index contributed by atoms with van der Waals surface area (Å²) in [5, 5.41) is 9.64. The Hall–Kier alpha value is -2.37. The van der Waals surface area contributed by atoms with Crippen LogP contribution in [0.25, 0.3) is 0 Å². The number of hydrogen-bond acceptors (Lipinski definition) is 5. The summed E-state index contributed by atoms with van der Waals surface area (Å²) in [6, 6.07) is 4.29. The number of rotatable bonds is 5. The fourth-order valence-electron chi connectivity index (χ4n) is 3.92. The minimum atomic E-state index is -1.33. The smallest absolute Gasteiger partial charge is 0.339 e. The van der Waals surface area contributed by atoms with Gasteiger partial charge in [-0.25, -0.2) is 14.4 Å². The van der Waals surface area contributed by atoms with Crippen molar-refractivity contribution in [3.8, 4) is 0 Å². The molecule has 2 aliphatic rings. The van der Waals surface area contributed by atoms with Crippen LogP contribution in [0.5, 0.6) is 0 Å². The number of carboxylic acid groups (broad SMARTS) is 1. The number of carbonyl (C=O) groups excluding carboxylic acids is 2. The Labute approximate surface area is 158 Å². The van der Waals surface area contributed by atoms with Gasteiger partial charge in [-0.1, -0.05) is 18.9 Å². The second-order valence-corrected chi connectivity index (χ2v) is 7.36. The molecule has 0 amide bonds. The van der Waals surface area contributed by atoms with Crippen LogP contribution >= 0.6 is 0 Å². The van der Waals surface area contributed by atoms with Gasteiger partial charge in [-0.15, -0.1) is 0 Å². The Kier molecular flexibility index (Phi) is 6.48. The molecule has 2 fully saturated rings. The highest BCUT2D eigenvalue weighted by molar-refractivity contribution is 6.09. The highest BCUT2D eigenvalue weighted by atomic mass is 16.5. The normalized spacial score (nSPS) is 18.7. The van der Waals surface area contributed by atoms with Gasteiger partial charge in [-0.2, -0.15) is 0 Å². The molecule has 2 aliphatic carbocycles. The first-order chi connectivity index (χ1) is 13.1. The summed E-state index contributed by atoms with van der Waals surface area (Å²) in [7, 11) is 0. The summed E-state index contributed by atoms with van der Waals surface area (Å²) in [6.45, 7) is 0. The Morgan fingerprint density at radius 1 is 0.741 bits per heavy atom. The summed E-state index contributed by atoms with van der Waals surface area (Å²) in [5.74, 6) is -2.71. The maximum atomic E-state index is 12.6. The molecule has 0 aromatic heterocycles. The predicted molar refractivity (Wildman–Crippen MR) is 98.0 cm³/mol. The molecule has 146 valence electrons. The van der Waals surface area contributed by atoms with Crippen molar-refractivity contribution in [3.63, 3.8) is 0 Å². The van der Waals surface area contributed by atoms with E-state index in [-0.39, 0.29) is 28.9 Å². The van der Waals surface area contributed by atoms with E-state index in [4.69, 9.17) is 9.47 Å². The van der Waals surface area contributed by atoms with Crippen LogP contribution in [0.15, 0.2) is 18.2 Å². The van der Waals surface area contributed by atoms with E-state index in [0.29, 0.717) is 0 Å². The van der Waals surface area contributed by atoms with Crippen molar-refractivity contribution in [3.05, 3.63) is 34.9 Å². The molecule has 0 saturated heterocycles. The summed E-state index contributed by atoms with van der Waals surface area (Å²) < 4.78 is 11.0. The molecule has 0 radical (unpaired) electrons. The highest BCUT2D eigenvalue weighted by Crippen LogP contribution is 2.25. The second-order valence-electron chi connectivity index (χ2n) is 7.36. The number of ether oxygens (including phenoxy) is 2. The van der Waals surface area contributed by atoms with Gasteiger partial charge in [0.25, 0.3) is 0 Å². The van der Waals surface area contributed by atoms with Crippen molar-refractivity contribution >= 4 is 17.9 Å². The number of benzene rings is 1. The molecule has 6 heteroatoms. The predicted octanol–water partition coefficient (Wildman–Crippen LogP) is 4.36. The lowest BCUT2D eigenvalue weighted by Gasteiger charge is -2.23. The summed E-state index contributed by atoms with van der Waals surface area (Å²) >= 11 is 0. The van der Waals surface area contributed by atoms with Gasteiger partial charge in [0, 0.05) is 0 Å². The highest BCUT2D eigenvalue weighted by Gasteiger charge is 2.29. The number of aromatic carboxylic acids is 1. The van der Waals surface area contributed by atoms with Crippen molar-refractivity contribution in [1.82, 2.24) is 0 Å². The Balaban J connectivity index is 1.79. The van der Waals surface area contributed by atoms with Gasteiger partial charge in [0.1, 0.15) is 12.2 Å². The Morgan fingerprint density at radius 3 is 1.52 bits per heavy atom. The maximum absolute atomic E-state index is 12.6. The molecular formula is C21H26O6. The first kappa shape index (κ1) is 19.4. The van der Waals surface area contributed by atoms with E-state index in [0.717, 1.165) is 64.2 Å². The monoisotopic (exact) mass is 374 g/mol. The van der Waals surface area contributed by atoms with Crippen LogP contribution in [0, 0.1) is 0 Å². The van der Waals surface area contributed by atoms with Gasteiger partial charge in [-0.05, 0) is 63.5 Å². The lowest BCUT2D eigenvalue weighted by Crippen LogP contribution is -2.25. The molecule has 3 rings (SSSR count). The van der Waals surface area contributed by atoms with E-state index in [1.807, 2.05) is 0 Å². The zero-order valence-electron chi connectivity index (χ0n) is 15.4. The van der Waals surface area contributed by atoms with Crippen molar-refractivity contribution in [2.75, 3.05) is 0 Å². The van der Waals surface area contributed by atoms with E-state index < -0.39 is 17.9 Å². The second kappa shape index (κ2) is 9.02. The molecule has 2 saturated carbocycles. The maximum Gasteiger partial charge on any atom is 0.339 e. The quantitative estimate of drug-likeness (QED) is 0.770. The zero-order valence-corrected chi connectivity index (χ0v) is 15.4. The van der Waals surface area contributed by atoms with Crippen LogP contribution in [0.1, 0.15) is 95.3 Å². The molecule has 1 N–H and O–H groups in total. The van der Waals surface area contributed by atoms with Gasteiger partial charge in [-0.3, -0.25) is 0 Å². The van der Waals surface area contributed by atoms with Gasteiger partial charge >= 0.3 is 17.9 Å². The average molecular weight is 374 g/mol. The standard InChI is InChI=1S/C21H26O6/c22-19(23)18-16(20(24)26-14-8-3-1-4-9-14)12-7-13-17(18)21(25)27-15-10-5-2-6-11-15/h7,12-15H,1-6,8-11H2,(H,22,23). The van der Waals surface area contributed by atoms with E-state index in [1.165, 1.54) is 18.2 Å². The number of esters is 2. The Bertz CT molecular complexity index is 648. The minimum Gasteiger partial charge on any atom is -0.478 e. The van der Waals surface area contributed by atoms with Crippen molar-refractivity contribution in [1.29, 1.82) is 0 Å². The summed E-state index contributed by atoms with van der Waals surface area (Å²) in [6.07, 6.45) is 9.01. The molecule has 0 aliphatic heterocycles. The molecule has 27 heavy (non-hydrogen) atoms. The van der Waals surface area contributed by atoms with E-state index in [9.17, 15) is 19.5 Å². The molecular weight excluding hydrogens is 348 g/mol. The molecule has 0 atom stereocenters. The van der Waals surface area contributed by atoms with Crippen LogP contribution in [-0.4, -0.2) is 35.2 Å². The van der Waals surface area contributed by atoms with Gasteiger partial charge in [0.2, 0.25) is 0 Å². The van der Waals surface area contributed by atoms with Crippen molar-refractivity contribution in [2.45, 2.75) is 76.4 Å². The Morgan fingerprint density at radius 2 is 1.15 bits per heavy atom. The molecule has 0 unspecified atom stereocenters. The largest absolute Gasteiger partial charge is 0.478 e. The fraction of sp³-hybridized carbons (Fsp3) is 0.571. The van der Waals surface area contributed by atoms with Crippen LogP contribution in [-0.2, 0) is 9.47 Å². The summed E-state index contributed by atoms with van der Waals surface area (Å²) in [5.41, 5.74) is -0.517. The average Bonchev–Trinajstić information content (AvgIpc) is 2.68. The lowest BCUT2D eigenvalue weighted by atomic mass is 9.96. The topological polar surface area (TPSA) is 89.9 Å². The van der Waals surface area contributed by atoms with E-state index in [2.05, 4.69) is 0 Å². The molecule has 0 heterocycles. The number of carbonyl (C=O) groups is 3. The molecule has 1 aromatic carbocycles. The zero-order chi connectivity index (χ0) is 19.2. The molecule has 1 aromatic rings. The van der Waals surface area contributed by atoms with Crippen molar-refractivity contribution < 1.29 is 29.0 Å². The molecule has 6 nitrogen and oxygen atoms in total. The summed E-state index contributed by atoms with van der Waals surface area (Å²) in [4.78, 5) is 37.0. The van der Waals surface area contributed by atoms with Crippen LogP contribution in [0.4, 0.5) is 0 Å². The number of hydrogen-bond donors (Lipinski definition) is 1. The van der Waals surface area contributed by atoms with E-state index >= 15 is 0 Å². The lowest BCUT2D eigenvalue weighted by molar-refractivity contribution is 0.0201. The van der Waals surface area contributed by atoms with Gasteiger partial charge in [0.15, 0.2) is 0 Å². The van der Waals surface area contributed by atoms with Gasteiger partial charge in [0.05, 0.1) is 16.7 Å². The first-order valence-corrected chi connectivity index (χ1v) is 9.84. The third kappa shape index (κ3) is 4.87. The minimum absolute atomic E-state index is 0.0915. The van der Waals surface area contributed by atoms with E-state index in [1.54, 1.807) is 0 Å². The van der Waals surface area contributed by atoms with Crippen LogP contribution < -0.4 is 0 Å². The van der Waals surface area contributed by atoms with Gasteiger partial charge < -0.3 is 14.6 Å². The molecule has 0 bridgehead atoms. The fourth-order valence-corrected chi connectivity index (χ4v) is 3.92. The van der Waals surface area contributed by atoms with Crippen LogP contribution in [0.2, 0.25) is 0 Å². The number of carboxylic acids is 1. The van der Waals surface area contributed by atoms with Crippen molar-refractivity contribution in [2.24, 2.45) is 0 Å².